The highest BCUT2D eigenvalue weighted by molar-refractivity contribution is 5.34. The first-order valence-corrected chi connectivity index (χ1v) is 4.72. The predicted molar refractivity (Wildman–Crippen MR) is 54.9 cm³/mol. The fourth-order valence-electron chi connectivity index (χ4n) is 1.34. The molecular formula is C11H16FNO. The summed E-state index contributed by atoms with van der Waals surface area (Å²) in [7, 11) is 1.55. The largest absolute Gasteiger partial charge is 0.496 e. The van der Waals surface area contributed by atoms with E-state index in [-0.39, 0.29) is 11.9 Å². The summed E-state index contributed by atoms with van der Waals surface area (Å²) < 4.78 is 18.4. The molecule has 2 nitrogen and oxygen atoms in total. The molecule has 1 aromatic carbocycles. The van der Waals surface area contributed by atoms with Crippen LogP contribution in [0.15, 0.2) is 18.2 Å². The molecule has 0 saturated heterocycles. The Balaban J connectivity index is 2.82. The quantitative estimate of drug-likeness (QED) is 0.802. The molecule has 0 saturated carbocycles. The molecule has 0 heterocycles. The summed E-state index contributed by atoms with van der Waals surface area (Å²) in [5, 5.41) is 0. The van der Waals surface area contributed by atoms with E-state index in [4.69, 9.17) is 10.5 Å². The number of nitrogens with two attached hydrogens (primary N) is 1. The van der Waals surface area contributed by atoms with Crippen LogP contribution >= 0.6 is 0 Å². The van der Waals surface area contributed by atoms with Crippen molar-refractivity contribution in [3.8, 4) is 5.75 Å². The second-order valence-corrected chi connectivity index (χ2v) is 3.44. The molecule has 14 heavy (non-hydrogen) atoms. The first kappa shape index (κ1) is 11.0. The molecule has 78 valence electrons. The van der Waals surface area contributed by atoms with Gasteiger partial charge in [-0.05, 0) is 31.9 Å². The summed E-state index contributed by atoms with van der Waals surface area (Å²) >= 11 is 0. The number of halogens is 1. The lowest BCUT2D eigenvalue weighted by Gasteiger charge is -2.10. The SMILES string of the molecule is COc1cccc(F)c1CC[C@@H](C)N. The van der Waals surface area contributed by atoms with Gasteiger partial charge in [-0.3, -0.25) is 0 Å². The highest BCUT2D eigenvalue weighted by atomic mass is 19.1. The number of rotatable bonds is 4. The second kappa shape index (κ2) is 4.96. The van der Waals surface area contributed by atoms with Crippen molar-refractivity contribution < 1.29 is 9.13 Å². The van der Waals surface area contributed by atoms with Crippen LogP contribution in [0, 0.1) is 5.82 Å². The molecule has 0 aromatic heterocycles. The van der Waals surface area contributed by atoms with Gasteiger partial charge in [0.1, 0.15) is 11.6 Å². The normalized spacial score (nSPS) is 12.6. The summed E-state index contributed by atoms with van der Waals surface area (Å²) in [6.07, 6.45) is 1.38. The van der Waals surface area contributed by atoms with Crippen molar-refractivity contribution in [2.45, 2.75) is 25.8 Å². The zero-order chi connectivity index (χ0) is 10.6. The van der Waals surface area contributed by atoms with E-state index >= 15 is 0 Å². The lowest BCUT2D eigenvalue weighted by molar-refractivity contribution is 0.403. The Bertz CT molecular complexity index is 299. The Kier molecular flexibility index (Phi) is 3.89. The third-order valence-corrected chi connectivity index (χ3v) is 2.15. The first-order valence-electron chi connectivity index (χ1n) is 4.72. The summed E-state index contributed by atoms with van der Waals surface area (Å²) in [5.74, 6) is 0.385. The number of ether oxygens (including phenoxy) is 1. The third kappa shape index (κ3) is 2.70. The van der Waals surface area contributed by atoms with Crippen molar-refractivity contribution in [1.82, 2.24) is 0 Å². The van der Waals surface area contributed by atoms with Crippen molar-refractivity contribution in [3.63, 3.8) is 0 Å². The smallest absolute Gasteiger partial charge is 0.130 e. The molecule has 1 rings (SSSR count). The molecule has 0 aliphatic heterocycles. The van der Waals surface area contributed by atoms with Crippen LogP contribution in [0.4, 0.5) is 4.39 Å². The summed E-state index contributed by atoms with van der Waals surface area (Å²) in [6, 6.07) is 4.93. The fraction of sp³-hybridized carbons (Fsp3) is 0.455. The lowest BCUT2D eigenvalue weighted by Crippen LogP contribution is -2.15. The minimum atomic E-state index is -0.218. The van der Waals surface area contributed by atoms with Crippen LogP contribution in [0.3, 0.4) is 0 Å². The van der Waals surface area contributed by atoms with E-state index in [1.165, 1.54) is 6.07 Å². The van der Waals surface area contributed by atoms with E-state index < -0.39 is 0 Å². The molecule has 0 radical (unpaired) electrons. The number of hydrogen-bond donors (Lipinski definition) is 1. The Morgan fingerprint density at radius 2 is 2.21 bits per heavy atom. The monoisotopic (exact) mass is 197 g/mol. The van der Waals surface area contributed by atoms with Crippen molar-refractivity contribution >= 4 is 0 Å². The summed E-state index contributed by atoms with van der Waals surface area (Å²) in [6.45, 7) is 1.91. The molecule has 1 atom stereocenters. The Morgan fingerprint density at radius 3 is 2.79 bits per heavy atom. The zero-order valence-electron chi connectivity index (χ0n) is 8.59. The van der Waals surface area contributed by atoms with E-state index in [9.17, 15) is 4.39 Å². The van der Waals surface area contributed by atoms with Crippen LogP contribution in [-0.4, -0.2) is 13.2 Å². The zero-order valence-corrected chi connectivity index (χ0v) is 8.59. The van der Waals surface area contributed by atoms with Crippen LogP contribution in [0.2, 0.25) is 0 Å². The van der Waals surface area contributed by atoms with E-state index in [0.717, 1.165) is 6.42 Å². The number of methoxy groups -OCH3 is 1. The summed E-state index contributed by atoms with van der Waals surface area (Å²) in [4.78, 5) is 0. The van der Waals surface area contributed by atoms with E-state index in [0.29, 0.717) is 17.7 Å². The van der Waals surface area contributed by atoms with Gasteiger partial charge in [0.05, 0.1) is 7.11 Å². The number of hydrogen-bond acceptors (Lipinski definition) is 2. The Labute approximate surface area is 83.9 Å². The van der Waals surface area contributed by atoms with E-state index in [1.807, 2.05) is 6.92 Å². The van der Waals surface area contributed by atoms with Gasteiger partial charge < -0.3 is 10.5 Å². The topological polar surface area (TPSA) is 35.2 Å². The van der Waals surface area contributed by atoms with Gasteiger partial charge in [-0.2, -0.15) is 0 Å². The molecular weight excluding hydrogens is 181 g/mol. The average Bonchev–Trinajstić information content (AvgIpc) is 2.15. The molecule has 0 bridgehead atoms. The molecule has 0 amide bonds. The van der Waals surface area contributed by atoms with Crippen LogP contribution in [-0.2, 0) is 6.42 Å². The second-order valence-electron chi connectivity index (χ2n) is 3.44. The van der Waals surface area contributed by atoms with Gasteiger partial charge >= 0.3 is 0 Å². The first-order chi connectivity index (χ1) is 6.65. The fourth-order valence-corrected chi connectivity index (χ4v) is 1.34. The molecule has 0 aliphatic rings. The number of benzene rings is 1. The van der Waals surface area contributed by atoms with Crippen molar-refractivity contribution in [2.24, 2.45) is 5.73 Å². The van der Waals surface area contributed by atoms with Gasteiger partial charge in [-0.1, -0.05) is 6.07 Å². The minimum absolute atomic E-state index is 0.0827. The highest BCUT2D eigenvalue weighted by Crippen LogP contribution is 2.22. The molecule has 0 fully saturated rings. The molecule has 2 N–H and O–H groups in total. The van der Waals surface area contributed by atoms with Crippen molar-refractivity contribution in [3.05, 3.63) is 29.6 Å². The van der Waals surface area contributed by atoms with Gasteiger partial charge in [0.15, 0.2) is 0 Å². The average molecular weight is 197 g/mol. The molecule has 0 aliphatic carbocycles. The van der Waals surface area contributed by atoms with Gasteiger partial charge in [0, 0.05) is 11.6 Å². The van der Waals surface area contributed by atoms with E-state index in [1.54, 1.807) is 19.2 Å². The predicted octanol–water partition coefficient (Wildman–Crippen LogP) is 2.11. The lowest BCUT2D eigenvalue weighted by atomic mass is 10.1. The Morgan fingerprint density at radius 1 is 1.50 bits per heavy atom. The van der Waals surface area contributed by atoms with Crippen molar-refractivity contribution in [1.29, 1.82) is 0 Å². The maximum Gasteiger partial charge on any atom is 0.130 e. The summed E-state index contributed by atoms with van der Waals surface area (Å²) in [5.41, 5.74) is 6.24. The van der Waals surface area contributed by atoms with Gasteiger partial charge in [0.2, 0.25) is 0 Å². The van der Waals surface area contributed by atoms with Gasteiger partial charge in [-0.15, -0.1) is 0 Å². The third-order valence-electron chi connectivity index (χ3n) is 2.15. The standard InChI is InChI=1S/C11H16FNO/c1-8(13)6-7-9-10(12)4-3-5-11(9)14-2/h3-5,8H,6-7,13H2,1-2H3/t8-/m1/s1. The van der Waals surface area contributed by atoms with Crippen molar-refractivity contribution in [2.75, 3.05) is 7.11 Å². The highest BCUT2D eigenvalue weighted by Gasteiger charge is 2.09. The van der Waals surface area contributed by atoms with Crippen LogP contribution in [0.5, 0.6) is 5.75 Å². The molecule has 1 aromatic rings. The maximum absolute atomic E-state index is 13.4. The molecule has 0 spiro atoms. The Hall–Kier alpha value is -1.09. The van der Waals surface area contributed by atoms with E-state index in [2.05, 4.69) is 0 Å². The minimum Gasteiger partial charge on any atom is -0.496 e. The van der Waals surface area contributed by atoms with Crippen LogP contribution in [0.1, 0.15) is 18.9 Å². The van der Waals surface area contributed by atoms with Crippen LogP contribution in [0.25, 0.3) is 0 Å². The van der Waals surface area contributed by atoms with Gasteiger partial charge in [0.25, 0.3) is 0 Å². The maximum atomic E-state index is 13.4. The molecule has 0 unspecified atom stereocenters. The van der Waals surface area contributed by atoms with Gasteiger partial charge in [-0.25, -0.2) is 4.39 Å². The molecule has 3 heteroatoms. The van der Waals surface area contributed by atoms with Crippen LogP contribution < -0.4 is 10.5 Å².